The molecule has 0 fully saturated rings. The highest BCUT2D eigenvalue weighted by Crippen LogP contribution is 2.17. The van der Waals surface area contributed by atoms with Crippen LogP contribution in [0.25, 0.3) is 0 Å². The molecule has 2 aromatic rings. The summed E-state index contributed by atoms with van der Waals surface area (Å²) >= 11 is 0. The van der Waals surface area contributed by atoms with Crippen LogP contribution in [0.4, 0.5) is 0 Å². The second kappa shape index (κ2) is 13.0. The number of hydrogen-bond acceptors (Lipinski definition) is 7. The van der Waals surface area contributed by atoms with E-state index in [4.69, 9.17) is 14.3 Å². The number of esters is 2. The van der Waals surface area contributed by atoms with Gasteiger partial charge in [-0.2, -0.15) is 0 Å². The van der Waals surface area contributed by atoms with Gasteiger partial charge in [0.2, 0.25) is 5.91 Å². The first-order chi connectivity index (χ1) is 15.8. The average Bonchev–Trinajstić information content (AvgIpc) is 2.78. The molecule has 0 aliphatic carbocycles. The molecule has 0 bridgehead atoms. The summed E-state index contributed by atoms with van der Waals surface area (Å²) in [5, 5.41) is 9.49. The number of carboxylic acids is 1. The van der Waals surface area contributed by atoms with Crippen LogP contribution in [0, 0.1) is 5.92 Å². The van der Waals surface area contributed by atoms with E-state index in [0.29, 0.717) is 11.3 Å². The van der Waals surface area contributed by atoms with E-state index >= 15 is 0 Å². The maximum atomic E-state index is 12.0. The summed E-state index contributed by atoms with van der Waals surface area (Å²) in [5.41, 5.74) is 4.18. The second-order valence-electron chi connectivity index (χ2n) is 7.25. The van der Waals surface area contributed by atoms with Crippen molar-refractivity contribution in [1.29, 1.82) is 0 Å². The molecule has 0 heterocycles. The Balaban J connectivity index is 1.77. The molecule has 0 spiro atoms. The standard InChI is InChI=1S/C24H27NO8/c1-3-31-24(30)19-8-4-17(5-9-19)14-20(23(28)29)10-13-22(27)25-32-15-18-6-11-21(12-7-18)33-16(2)26/h4-9,11-12,20H,3,10,13-15H2,1-2H3,(H,25,27)(H,28,29). The highest BCUT2D eigenvalue weighted by Gasteiger charge is 2.20. The van der Waals surface area contributed by atoms with Gasteiger partial charge in [0.25, 0.3) is 0 Å². The van der Waals surface area contributed by atoms with Crippen LogP contribution in [0.5, 0.6) is 5.75 Å². The van der Waals surface area contributed by atoms with Crippen molar-refractivity contribution in [2.45, 2.75) is 39.7 Å². The smallest absolute Gasteiger partial charge is 0.338 e. The summed E-state index contributed by atoms with van der Waals surface area (Å²) in [5.74, 6) is -2.65. The Hall–Kier alpha value is -3.72. The Morgan fingerprint density at radius 1 is 0.970 bits per heavy atom. The zero-order valence-electron chi connectivity index (χ0n) is 18.5. The maximum absolute atomic E-state index is 12.0. The quantitative estimate of drug-likeness (QED) is 0.283. The Morgan fingerprint density at radius 3 is 2.18 bits per heavy atom. The fraction of sp³-hybridized carbons (Fsp3) is 0.333. The Kier molecular flexibility index (Phi) is 10.0. The molecule has 9 heteroatoms. The molecule has 2 N–H and O–H groups in total. The fourth-order valence-electron chi connectivity index (χ4n) is 2.96. The molecule has 0 saturated carbocycles. The van der Waals surface area contributed by atoms with Crippen molar-refractivity contribution in [3.05, 3.63) is 65.2 Å². The summed E-state index contributed by atoms with van der Waals surface area (Å²) in [7, 11) is 0. The minimum Gasteiger partial charge on any atom is -0.481 e. The number of rotatable bonds is 12. The lowest BCUT2D eigenvalue weighted by molar-refractivity contribution is -0.142. The van der Waals surface area contributed by atoms with Crippen molar-refractivity contribution in [1.82, 2.24) is 5.48 Å². The third kappa shape index (κ3) is 9.12. The molecule has 0 radical (unpaired) electrons. The van der Waals surface area contributed by atoms with Gasteiger partial charge >= 0.3 is 17.9 Å². The Morgan fingerprint density at radius 2 is 1.61 bits per heavy atom. The number of nitrogens with one attached hydrogen (secondary N) is 1. The molecule has 2 aromatic carbocycles. The fourth-order valence-corrected chi connectivity index (χ4v) is 2.96. The number of benzene rings is 2. The van der Waals surface area contributed by atoms with Crippen molar-refractivity contribution in [3.63, 3.8) is 0 Å². The summed E-state index contributed by atoms with van der Waals surface area (Å²) < 4.78 is 9.86. The van der Waals surface area contributed by atoms with E-state index in [1.807, 2.05) is 0 Å². The molecule has 0 aromatic heterocycles. The zero-order chi connectivity index (χ0) is 24.2. The number of hydrogen-bond donors (Lipinski definition) is 2. The second-order valence-corrected chi connectivity index (χ2v) is 7.25. The minimum atomic E-state index is -1.01. The van der Waals surface area contributed by atoms with Gasteiger partial charge in [0.15, 0.2) is 0 Å². The SMILES string of the molecule is CCOC(=O)c1ccc(CC(CCC(=O)NOCc2ccc(OC(C)=O)cc2)C(=O)O)cc1. The van der Waals surface area contributed by atoms with Gasteiger partial charge in [-0.1, -0.05) is 24.3 Å². The van der Waals surface area contributed by atoms with Crippen molar-refractivity contribution < 1.29 is 38.6 Å². The van der Waals surface area contributed by atoms with E-state index in [1.54, 1.807) is 55.5 Å². The zero-order valence-corrected chi connectivity index (χ0v) is 18.5. The van der Waals surface area contributed by atoms with Crippen LogP contribution in [0.15, 0.2) is 48.5 Å². The van der Waals surface area contributed by atoms with E-state index in [0.717, 1.165) is 11.1 Å². The number of ether oxygens (including phenoxy) is 2. The highest BCUT2D eigenvalue weighted by molar-refractivity contribution is 5.89. The van der Waals surface area contributed by atoms with Crippen LogP contribution >= 0.6 is 0 Å². The first-order valence-corrected chi connectivity index (χ1v) is 10.4. The molecule has 0 saturated heterocycles. The predicted octanol–water partition coefficient (Wildman–Crippen LogP) is 3.06. The van der Waals surface area contributed by atoms with Crippen molar-refractivity contribution in [3.8, 4) is 5.75 Å². The molecule has 33 heavy (non-hydrogen) atoms. The Labute approximate surface area is 191 Å². The summed E-state index contributed by atoms with van der Waals surface area (Å²) in [6.45, 7) is 3.40. The largest absolute Gasteiger partial charge is 0.481 e. The maximum Gasteiger partial charge on any atom is 0.338 e. The normalized spacial score (nSPS) is 11.3. The van der Waals surface area contributed by atoms with Gasteiger partial charge in [0.05, 0.1) is 24.7 Å². The van der Waals surface area contributed by atoms with E-state index < -0.39 is 29.7 Å². The van der Waals surface area contributed by atoms with Crippen LogP contribution in [-0.2, 0) is 37.0 Å². The van der Waals surface area contributed by atoms with Gasteiger partial charge in [-0.15, -0.1) is 0 Å². The number of hydroxylamine groups is 1. The first-order valence-electron chi connectivity index (χ1n) is 10.4. The molecule has 9 nitrogen and oxygen atoms in total. The van der Waals surface area contributed by atoms with Crippen LogP contribution in [0.1, 0.15) is 48.2 Å². The van der Waals surface area contributed by atoms with E-state index in [9.17, 15) is 24.3 Å². The summed E-state index contributed by atoms with van der Waals surface area (Å²) in [4.78, 5) is 51.4. The van der Waals surface area contributed by atoms with Crippen LogP contribution in [-0.4, -0.2) is 35.5 Å². The van der Waals surface area contributed by atoms with Gasteiger partial charge in [-0.25, -0.2) is 10.3 Å². The molecule has 1 unspecified atom stereocenters. The first kappa shape index (κ1) is 25.5. The third-order valence-electron chi connectivity index (χ3n) is 4.63. The summed E-state index contributed by atoms with van der Waals surface area (Å²) in [6, 6.07) is 13.1. The van der Waals surface area contributed by atoms with Crippen molar-refractivity contribution >= 4 is 23.8 Å². The lowest BCUT2D eigenvalue weighted by Crippen LogP contribution is -2.25. The molecule has 0 aliphatic heterocycles. The van der Waals surface area contributed by atoms with E-state index in [2.05, 4.69) is 5.48 Å². The monoisotopic (exact) mass is 457 g/mol. The molecule has 1 amide bonds. The molecule has 0 aliphatic rings. The number of carbonyl (C=O) groups is 4. The molecular formula is C24H27NO8. The van der Waals surface area contributed by atoms with Crippen LogP contribution in [0.3, 0.4) is 0 Å². The van der Waals surface area contributed by atoms with Crippen molar-refractivity contribution in [2.24, 2.45) is 5.92 Å². The van der Waals surface area contributed by atoms with Gasteiger partial charge in [0, 0.05) is 13.3 Å². The van der Waals surface area contributed by atoms with Gasteiger partial charge in [-0.3, -0.25) is 19.2 Å². The number of carboxylic acid groups (broad SMARTS) is 1. The van der Waals surface area contributed by atoms with Crippen LogP contribution in [0.2, 0.25) is 0 Å². The van der Waals surface area contributed by atoms with Gasteiger partial charge < -0.3 is 14.6 Å². The average molecular weight is 457 g/mol. The number of aliphatic carboxylic acids is 1. The van der Waals surface area contributed by atoms with Crippen LogP contribution < -0.4 is 10.2 Å². The Bertz CT molecular complexity index is 953. The molecule has 1 atom stereocenters. The van der Waals surface area contributed by atoms with E-state index in [1.165, 1.54) is 6.92 Å². The van der Waals surface area contributed by atoms with Gasteiger partial charge in [-0.05, 0) is 55.2 Å². The molecule has 2 rings (SSSR count). The highest BCUT2D eigenvalue weighted by atomic mass is 16.6. The molecular weight excluding hydrogens is 430 g/mol. The van der Waals surface area contributed by atoms with Gasteiger partial charge in [0.1, 0.15) is 5.75 Å². The lowest BCUT2D eigenvalue weighted by Gasteiger charge is -2.13. The van der Waals surface area contributed by atoms with E-state index in [-0.39, 0.29) is 32.5 Å². The molecule has 176 valence electrons. The number of carbonyl (C=O) groups excluding carboxylic acids is 3. The topological polar surface area (TPSA) is 128 Å². The number of amides is 1. The predicted molar refractivity (Wildman–Crippen MR) is 117 cm³/mol. The van der Waals surface area contributed by atoms with Crippen molar-refractivity contribution in [2.75, 3.05) is 6.61 Å². The lowest BCUT2D eigenvalue weighted by atomic mass is 9.94. The third-order valence-corrected chi connectivity index (χ3v) is 4.63. The minimum absolute atomic E-state index is 0.0245. The summed E-state index contributed by atoms with van der Waals surface area (Å²) in [6.07, 6.45) is 0.325.